The van der Waals surface area contributed by atoms with Gasteiger partial charge in [0.1, 0.15) is 9.88 Å². The number of carbonyl (C=O) groups excluding carboxylic acids is 1. The standard InChI is InChI=1S/C22H33N5O2S/c1-7-23-22(24-13-17-10-9-11-18(12-17)14-27(5)6)26-16(4)20-25-15(3)19(30-20)21(28)29-8-2/h9-12,16H,7-8,13-14H2,1-6H3,(H2,23,24,26). The molecule has 30 heavy (non-hydrogen) atoms. The first-order chi connectivity index (χ1) is 14.3. The Bertz CT molecular complexity index is 863. The van der Waals surface area contributed by atoms with Crippen molar-refractivity contribution in [1.29, 1.82) is 0 Å². The summed E-state index contributed by atoms with van der Waals surface area (Å²) >= 11 is 1.36. The lowest BCUT2D eigenvalue weighted by molar-refractivity contribution is 0.0531. The van der Waals surface area contributed by atoms with E-state index in [9.17, 15) is 4.79 Å². The predicted molar refractivity (Wildman–Crippen MR) is 123 cm³/mol. The Morgan fingerprint density at radius 3 is 2.70 bits per heavy atom. The van der Waals surface area contributed by atoms with Crippen molar-refractivity contribution in [2.45, 2.75) is 46.8 Å². The second-order valence-electron chi connectivity index (χ2n) is 7.31. The summed E-state index contributed by atoms with van der Waals surface area (Å²) in [6.45, 7) is 10.3. The van der Waals surface area contributed by atoms with Gasteiger partial charge in [-0.05, 0) is 52.9 Å². The third-order valence-electron chi connectivity index (χ3n) is 4.25. The van der Waals surface area contributed by atoms with Gasteiger partial charge in [0, 0.05) is 13.1 Å². The van der Waals surface area contributed by atoms with Gasteiger partial charge in [0.05, 0.1) is 24.9 Å². The zero-order valence-electron chi connectivity index (χ0n) is 18.8. The molecule has 2 aromatic rings. The summed E-state index contributed by atoms with van der Waals surface area (Å²) < 4.78 is 5.11. The van der Waals surface area contributed by atoms with Crippen molar-refractivity contribution in [1.82, 2.24) is 20.5 Å². The van der Waals surface area contributed by atoms with Crippen molar-refractivity contribution in [3.05, 3.63) is 51.0 Å². The first kappa shape index (κ1) is 23.8. The van der Waals surface area contributed by atoms with Gasteiger partial charge in [0.15, 0.2) is 5.96 Å². The van der Waals surface area contributed by atoms with Crippen LogP contribution in [0.1, 0.15) is 58.3 Å². The summed E-state index contributed by atoms with van der Waals surface area (Å²) in [6.07, 6.45) is 0. The van der Waals surface area contributed by atoms with Crippen LogP contribution < -0.4 is 10.6 Å². The summed E-state index contributed by atoms with van der Waals surface area (Å²) in [7, 11) is 4.13. The van der Waals surface area contributed by atoms with Crippen molar-refractivity contribution in [3.8, 4) is 0 Å². The maximum absolute atomic E-state index is 12.1. The van der Waals surface area contributed by atoms with Gasteiger partial charge in [-0.25, -0.2) is 14.8 Å². The fraction of sp³-hybridized carbons (Fsp3) is 0.500. The second kappa shape index (κ2) is 11.7. The molecule has 0 radical (unpaired) electrons. The molecular weight excluding hydrogens is 398 g/mol. The number of thiazole rings is 1. The predicted octanol–water partition coefficient (Wildman–Crippen LogP) is 3.51. The minimum atomic E-state index is -0.316. The molecule has 0 fully saturated rings. The maximum Gasteiger partial charge on any atom is 0.350 e. The Kier molecular flexibility index (Phi) is 9.26. The fourth-order valence-corrected chi connectivity index (χ4v) is 3.90. The molecule has 164 valence electrons. The van der Waals surface area contributed by atoms with Crippen LogP contribution in [0, 0.1) is 6.92 Å². The second-order valence-corrected chi connectivity index (χ2v) is 8.34. The van der Waals surface area contributed by atoms with E-state index < -0.39 is 0 Å². The van der Waals surface area contributed by atoms with Crippen molar-refractivity contribution in [3.63, 3.8) is 0 Å². The van der Waals surface area contributed by atoms with Crippen LogP contribution in [0.2, 0.25) is 0 Å². The molecule has 0 saturated carbocycles. The minimum Gasteiger partial charge on any atom is -0.462 e. The molecule has 0 aliphatic carbocycles. The molecule has 8 heteroatoms. The summed E-state index contributed by atoms with van der Waals surface area (Å²) in [5.74, 6) is 0.401. The SMILES string of the molecule is CCNC(=NCc1cccc(CN(C)C)c1)NC(C)c1nc(C)c(C(=O)OCC)s1. The molecule has 0 aliphatic heterocycles. The zero-order chi connectivity index (χ0) is 22.1. The summed E-state index contributed by atoms with van der Waals surface area (Å²) in [5.41, 5.74) is 3.12. The number of ether oxygens (including phenoxy) is 1. The van der Waals surface area contributed by atoms with Gasteiger partial charge < -0.3 is 20.3 Å². The fourth-order valence-electron chi connectivity index (χ4n) is 2.94. The van der Waals surface area contributed by atoms with E-state index in [-0.39, 0.29) is 12.0 Å². The largest absolute Gasteiger partial charge is 0.462 e. The third-order valence-corrected chi connectivity index (χ3v) is 5.57. The monoisotopic (exact) mass is 431 g/mol. The number of esters is 1. The number of guanidine groups is 1. The Morgan fingerprint density at radius 1 is 1.30 bits per heavy atom. The average Bonchev–Trinajstić information content (AvgIpc) is 3.08. The number of aromatic nitrogens is 1. The molecule has 1 heterocycles. The number of aliphatic imine (C=N–C) groups is 1. The highest BCUT2D eigenvalue weighted by atomic mass is 32.1. The lowest BCUT2D eigenvalue weighted by atomic mass is 10.1. The highest BCUT2D eigenvalue weighted by molar-refractivity contribution is 7.13. The van der Waals surface area contributed by atoms with Gasteiger partial charge in [0.25, 0.3) is 0 Å². The molecule has 1 aromatic heterocycles. The topological polar surface area (TPSA) is 78.9 Å². The van der Waals surface area contributed by atoms with E-state index >= 15 is 0 Å². The molecule has 2 rings (SSSR count). The number of hydrogen-bond acceptors (Lipinski definition) is 6. The quantitative estimate of drug-likeness (QED) is 0.359. The molecule has 7 nitrogen and oxygen atoms in total. The zero-order valence-corrected chi connectivity index (χ0v) is 19.6. The van der Waals surface area contributed by atoms with Gasteiger partial charge in [0.2, 0.25) is 0 Å². The van der Waals surface area contributed by atoms with Crippen molar-refractivity contribution in [2.24, 2.45) is 4.99 Å². The Hall–Kier alpha value is -2.45. The van der Waals surface area contributed by atoms with Crippen molar-refractivity contribution < 1.29 is 9.53 Å². The Labute approximate surface area is 183 Å². The first-order valence-electron chi connectivity index (χ1n) is 10.3. The normalized spacial score (nSPS) is 12.7. The third kappa shape index (κ3) is 7.11. The van der Waals surface area contributed by atoms with Gasteiger partial charge in [-0.3, -0.25) is 0 Å². The van der Waals surface area contributed by atoms with Crippen LogP contribution in [0.4, 0.5) is 0 Å². The van der Waals surface area contributed by atoms with Crippen LogP contribution in [0.25, 0.3) is 0 Å². The summed E-state index contributed by atoms with van der Waals surface area (Å²) in [5, 5.41) is 7.50. The van der Waals surface area contributed by atoms with Crippen LogP contribution in [-0.2, 0) is 17.8 Å². The van der Waals surface area contributed by atoms with Crippen molar-refractivity contribution in [2.75, 3.05) is 27.2 Å². The molecule has 1 aromatic carbocycles. The Balaban J connectivity index is 2.09. The molecule has 0 spiro atoms. The molecule has 1 atom stereocenters. The van der Waals surface area contributed by atoms with E-state index in [0.29, 0.717) is 29.7 Å². The highest BCUT2D eigenvalue weighted by Gasteiger charge is 2.20. The summed E-state index contributed by atoms with van der Waals surface area (Å²) in [6, 6.07) is 8.39. The molecule has 2 N–H and O–H groups in total. The van der Waals surface area contributed by atoms with Crippen LogP contribution in [0.5, 0.6) is 0 Å². The number of carbonyl (C=O) groups is 1. The van der Waals surface area contributed by atoms with Crippen molar-refractivity contribution >= 4 is 23.3 Å². The highest BCUT2D eigenvalue weighted by Crippen LogP contribution is 2.24. The van der Waals surface area contributed by atoms with Gasteiger partial charge in [-0.2, -0.15) is 0 Å². The minimum absolute atomic E-state index is 0.0882. The lowest BCUT2D eigenvalue weighted by Gasteiger charge is -2.16. The number of nitrogens with one attached hydrogen (secondary N) is 2. The average molecular weight is 432 g/mol. The smallest absolute Gasteiger partial charge is 0.350 e. The van der Waals surface area contributed by atoms with Crippen LogP contribution >= 0.6 is 11.3 Å². The number of benzene rings is 1. The van der Waals surface area contributed by atoms with Crippen LogP contribution in [0.3, 0.4) is 0 Å². The molecule has 0 saturated heterocycles. The van der Waals surface area contributed by atoms with E-state index in [4.69, 9.17) is 9.73 Å². The van der Waals surface area contributed by atoms with E-state index in [1.165, 1.54) is 16.9 Å². The maximum atomic E-state index is 12.1. The number of hydrogen-bond donors (Lipinski definition) is 2. The Morgan fingerprint density at radius 2 is 2.03 bits per heavy atom. The van der Waals surface area contributed by atoms with E-state index in [2.05, 4.69) is 58.9 Å². The van der Waals surface area contributed by atoms with Gasteiger partial charge >= 0.3 is 5.97 Å². The van der Waals surface area contributed by atoms with E-state index in [1.807, 2.05) is 20.8 Å². The van der Waals surface area contributed by atoms with E-state index in [1.54, 1.807) is 6.92 Å². The van der Waals surface area contributed by atoms with Crippen LogP contribution in [0.15, 0.2) is 29.3 Å². The molecular formula is C22H33N5O2S. The number of rotatable bonds is 9. The van der Waals surface area contributed by atoms with Gasteiger partial charge in [-0.15, -0.1) is 11.3 Å². The van der Waals surface area contributed by atoms with Crippen LogP contribution in [-0.4, -0.2) is 49.1 Å². The lowest BCUT2D eigenvalue weighted by Crippen LogP contribution is -2.38. The number of nitrogens with zero attached hydrogens (tertiary/aromatic N) is 3. The first-order valence-corrected chi connectivity index (χ1v) is 11.1. The number of aryl methyl sites for hydroxylation is 1. The summed E-state index contributed by atoms with van der Waals surface area (Å²) in [4.78, 5) is 24.1. The molecule has 0 bridgehead atoms. The van der Waals surface area contributed by atoms with Gasteiger partial charge in [-0.1, -0.05) is 24.3 Å². The molecule has 0 amide bonds. The molecule has 0 aliphatic rings. The van der Waals surface area contributed by atoms with E-state index in [0.717, 1.165) is 23.7 Å². The molecule has 1 unspecified atom stereocenters.